The summed E-state index contributed by atoms with van der Waals surface area (Å²) in [5.41, 5.74) is 0. The molecule has 0 aromatic rings. The highest BCUT2D eigenvalue weighted by Crippen LogP contribution is 2.17. The molecule has 0 bridgehead atoms. The average molecular weight is 297 g/mol. The van der Waals surface area contributed by atoms with Gasteiger partial charge in [0, 0.05) is 26.2 Å². The zero-order valence-electron chi connectivity index (χ0n) is 13.5. The number of carbonyl (C=O) groups excluding carboxylic acids is 1. The molecule has 0 aromatic carbocycles. The molecule has 1 atom stereocenters. The summed E-state index contributed by atoms with van der Waals surface area (Å²) in [6, 6.07) is 0. The van der Waals surface area contributed by atoms with Gasteiger partial charge in [0.25, 0.3) is 0 Å². The Morgan fingerprint density at radius 2 is 2.10 bits per heavy atom. The molecule has 0 aromatic heterocycles. The number of amides is 1. The quantitative estimate of drug-likeness (QED) is 0.715. The Kier molecular flexibility index (Phi) is 7.47. The number of carbonyl (C=O) groups is 1. The van der Waals surface area contributed by atoms with E-state index in [9.17, 15) is 4.79 Å². The lowest BCUT2D eigenvalue weighted by atomic mass is 10.1. The van der Waals surface area contributed by atoms with Crippen LogP contribution in [0.5, 0.6) is 0 Å². The molecule has 122 valence electrons. The Labute approximate surface area is 129 Å². The summed E-state index contributed by atoms with van der Waals surface area (Å²) in [5, 5.41) is 3.05. The first-order chi connectivity index (χ1) is 10.2. The molecule has 21 heavy (non-hydrogen) atoms. The van der Waals surface area contributed by atoms with Gasteiger partial charge in [-0.1, -0.05) is 0 Å². The molecule has 1 amide bonds. The summed E-state index contributed by atoms with van der Waals surface area (Å²) in [5.74, 6) is 0.177. The predicted molar refractivity (Wildman–Crippen MR) is 84.4 cm³/mol. The zero-order chi connectivity index (χ0) is 14.9. The van der Waals surface area contributed by atoms with Gasteiger partial charge < -0.3 is 15.0 Å². The van der Waals surface area contributed by atoms with Gasteiger partial charge >= 0.3 is 0 Å². The monoisotopic (exact) mass is 297 g/mol. The normalized spacial score (nSPS) is 24.9. The lowest BCUT2D eigenvalue weighted by Gasteiger charge is -2.19. The molecule has 5 nitrogen and oxygen atoms in total. The van der Waals surface area contributed by atoms with E-state index in [1.165, 1.54) is 12.8 Å². The number of nitrogens with one attached hydrogen (secondary N) is 1. The van der Waals surface area contributed by atoms with Crippen LogP contribution in [0.4, 0.5) is 0 Å². The van der Waals surface area contributed by atoms with Crippen molar-refractivity contribution in [3.63, 3.8) is 0 Å². The lowest BCUT2D eigenvalue weighted by Crippen LogP contribution is -2.39. The molecule has 0 saturated carbocycles. The summed E-state index contributed by atoms with van der Waals surface area (Å²) in [7, 11) is 2.15. The maximum atomic E-state index is 11.9. The largest absolute Gasteiger partial charge is 0.378 e. The van der Waals surface area contributed by atoms with Crippen LogP contribution < -0.4 is 5.32 Å². The van der Waals surface area contributed by atoms with E-state index in [1.54, 1.807) is 0 Å². The molecule has 2 fully saturated rings. The van der Waals surface area contributed by atoms with Gasteiger partial charge in [-0.2, -0.15) is 0 Å². The average Bonchev–Trinajstić information content (AvgIpc) is 2.89. The second-order valence-corrected chi connectivity index (χ2v) is 6.41. The van der Waals surface area contributed by atoms with Crippen LogP contribution in [0.3, 0.4) is 0 Å². The fourth-order valence-electron chi connectivity index (χ4n) is 3.11. The highest BCUT2D eigenvalue weighted by molar-refractivity contribution is 5.77. The summed E-state index contributed by atoms with van der Waals surface area (Å²) in [6.07, 6.45) is 7.44. The minimum Gasteiger partial charge on any atom is -0.378 e. The molecule has 2 aliphatic rings. The van der Waals surface area contributed by atoms with Gasteiger partial charge in [-0.15, -0.1) is 0 Å². The van der Waals surface area contributed by atoms with E-state index < -0.39 is 0 Å². The van der Waals surface area contributed by atoms with Crippen LogP contribution >= 0.6 is 0 Å². The van der Waals surface area contributed by atoms with Gasteiger partial charge in [0.05, 0.1) is 12.6 Å². The van der Waals surface area contributed by atoms with Crippen molar-refractivity contribution >= 4 is 5.91 Å². The number of likely N-dealkylation sites (N-methyl/N-ethyl adjacent to an activating group) is 1. The second-order valence-electron chi connectivity index (χ2n) is 6.41. The molecule has 2 saturated heterocycles. The zero-order valence-corrected chi connectivity index (χ0v) is 13.5. The van der Waals surface area contributed by atoms with Crippen LogP contribution in [-0.4, -0.2) is 74.7 Å². The van der Waals surface area contributed by atoms with Crippen molar-refractivity contribution in [3.05, 3.63) is 0 Å². The van der Waals surface area contributed by atoms with Gasteiger partial charge in [-0.3, -0.25) is 9.69 Å². The summed E-state index contributed by atoms with van der Waals surface area (Å²) < 4.78 is 5.60. The predicted octanol–water partition coefficient (Wildman–Crippen LogP) is 1.09. The van der Waals surface area contributed by atoms with E-state index in [-0.39, 0.29) is 5.91 Å². The summed E-state index contributed by atoms with van der Waals surface area (Å²) in [4.78, 5) is 16.5. The first-order valence-electron chi connectivity index (χ1n) is 8.53. The van der Waals surface area contributed by atoms with Crippen molar-refractivity contribution in [2.24, 2.45) is 0 Å². The molecule has 2 heterocycles. The van der Waals surface area contributed by atoms with Gasteiger partial charge in [0.2, 0.25) is 5.91 Å². The Morgan fingerprint density at radius 1 is 1.19 bits per heavy atom. The molecular formula is C16H31N3O2. The van der Waals surface area contributed by atoms with Crippen molar-refractivity contribution in [3.8, 4) is 0 Å². The van der Waals surface area contributed by atoms with Crippen LogP contribution in [0.15, 0.2) is 0 Å². The second kappa shape index (κ2) is 9.38. The Bertz CT molecular complexity index is 306. The molecule has 0 radical (unpaired) electrons. The SMILES string of the molecule is CN1CCCN(CC(=O)NCCCCC2CCCO2)CC1. The van der Waals surface area contributed by atoms with Crippen molar-refractivity contribution in [2.45, 2.75) is 44.6 Å². The van der Waals surface area contributed by atoms with Crippen molar-refractivity contribution in [1.82, 2.24) is 15.1 Å². The smallest absolute Gasteiger partial charge is 0.234 e. The maximum Gasteiger partial charge on any atom is 0.234 e. The van der Waals surface area contributed by atoms with Crippen LogP contribution in [-0.2, 0) is 9.53 Å². The molecule has 2 rings (SSSR count). The number of unbranched alkanes of at least 4 members (excludes halogenated alkanes) is 1. The fourth-order valence-corrected chi connectivity index (χ4v) is 3.11. The number of rotatable bonds is 7. The van der Waals surface area contributed by atoms with E-state index in [4.69, 9.17) is 4.74 Å². The van der Waals surface area contributed by atoms with E-state index in [0.29, 0.717) is 12.6 Å². The Balaban J connectivity index is 1.48. The molecular weight excluding hydrogens is 266 g/mol. The summed E-state index contributed by atoms with van der Waals surface area (Å²) >= 11 is 0. The molecule has 2 aliphatic heterocycles. The highest BCUT2D eigenvalue weighted by Gasteiger charge is 2.16. The third kappa shape index (κ3) is 6.76. The Morgan fingerprint density at radius 3 is 2.90 bits per heavy atom. The number of ether oxygens (including phenoxy) is 1. The van der Waals surface area contributed by atoms with Crippen LogP contribution in [0, 0.1) is 0 Å². The first kappa shape index (κ1) is 16.7. The first-order valence-corrected chi connectivity index (χ1v) is 8.53. The standard InChI is InChI=1S/C16H31N3O2/c1-18-9-5-10-19(12-11-18)14-16(20)17-8-3-2-6-15-7-4-13-21-15/h15H,2-14H2,1H3,(H,17,20). The van der Waals surface area contributed by atoms with Crippen LogP contribution in [0.2, 0.25) is 0 Å². The van der Waals surface area contributed by atoms with Crippen molar-refractivity contribution < 1.29 is 9.53 Å². The topological polar surface area (TPSA) is 44.8 Å². The van der Waals surface area contributed by atoms with Gasteiger partial charge in [0.1, 0.15) is 0 Å². The summed E-state index contributed by atoms with van der Waals surface area (Å²) in [6.45, 7) is 6.54. The third-order valence-corrected chi connectivity index (χ3v) is 4.48. The van der Waals surface area contributed by atoms with E-state index in [0.717, 1.165) is 65.0 Å². The lowest BCUT2D eigenvalue weighted by molar-refractivity contribution is -0.122. The van der Waals surface area contributed by atoms with E-state index >= 15 is 0 Å². The van der Waals surface area contributed by atoms with Crippen molar-refractivity contribution in [1.29, 1.82) is 0 Å². The van der Waals surface area contributed by atoms with Gasteiger partial charge in [-0.05, 0) is 58.7 Å². The van der Waals surface area contributed by atoms with Crippen molar-refractivity contribution in [2.75, 3.05) is 52.9 Å². The minimum atomic E-state index is 0.177. The van der Waals surface area contributed by atoms with E-state index in [2.05, 4.69) is 22.2 Å². The molecule has 1 N–H and O–H groups in total. The number of hydrogen-bond acceptors (Lipinski definition) is 4. The molecule has 5 heteroatoms. The van der Waals surface area contributed by atoms with Crippen LogP contribution in [0.1, 0.15) is 38.5 Å². The highest BCUT2D eigenvalue weighted by atomic mass is 16.5. The molecule has 0 aliphatic carbocycles. The number of nitrogens with zero attached hydrogens (tertiary/aromatic N) is 2. The minimum absolute atomic E-state index is 0.177. The third-order valence-electron chi connectivity index (χ3n) is 4.48. The molecule has 1 unspecified atom stereocenters. The fraction of sp³-hybridized carbons (Fsp3) is 0.938. The number of hydrogen-bond donors (Lipinski definition) is 1. The van der Waals surface area contributed by atoms with Gasteiger partial charge in [0.15, 0.2) is 0 Å². The Hall–Kier alpha value is -0.650. The van der Waals surface area contributed by atoms with E-state index in [1.807, 2.05) is 0 Å². The molecule has 0 spiro atoms. The van der Waals surface area contributed by atoms with Crippen LogP contribution in [0.25, 0.3) is 0 Å². The maximum absolute atomic E-state index is 11.9. The van der Waals surface area contributed by atoms with Gasteiger partial charge in [-0.25, -0.2) is 0 Å².